The van der Waals surface area contributed by atoms with Crippen LogP contribution in [0.5, 0.6) is 0 Å². The zero-order valence-electron chi connectivity index (χ0n) is 8.72. The highest BCUT2D eigenvalue weighted by atomic mass is 35.5. The van der Waals surface area contributed by atoms with E-state index in [1.165, 1.54) is 6.21 Å². The number of nitrogens with zero attached hydrogens (tertiary/aromatic N) is 2. The number of rotatable bonds is 3. The van der Waals surface area contributed by atoms with Crippen LogP contribution in [0.3, 0.4) is 0 Å². The maximum Gasteiger partial charge on any atom is 0.416 e. The Balaban J connectivity index is 2.99. The molecule has 0 spiro atoms. The molecular weight excluding hydrogens is 290 g/mol. The van der Waals surface area contributed by atoms with Gasteiger partial charge in [0.1, 0.15) is 0 Å². The molecule has 3 nitrogen and oxygen atoms in total. The van der Waals surface area contributed by atoms with Crippen molar-refractivity contribution in [3.63, 3.8) is 0 Å². The summed E-state index contributed by atoms with van der Waals surface area (Å²) in [5.74, 6) is 0. The number of halogens is 5. The Labute approximate surface area is 111 Å². The molecule has 0 aliphatic rings. The van der Waals surface area contributed by atoms with Crippen molar-refractivity contribution in [1.82, 2.24) is 0 Å². The quantitative estimate of drug-likeness (QED) is 0.667. The van der Waals surface area contributed by atoms with Gasteiger partial charge in [0.25, 0.3) is 0 Å². The number of hydrogen-bond donors (Lipinski definition) is 1. The van der Waals surface area contributed by atoms with Crippen molar-refractivity contribution in [1.29, 1.82) is 5.26 Å². The number of nitrogens with one attached hydrogen (secondary N) is 1. The summed E-state index contributed by atoms with van der Waals surface area (Å²) in [5, 5.41) is 11.4. The predicted molar refractivity (Wildman–Crippen MR) is 63.8 cm³/mol. The third kappa shape index (κ3) is 3.79. The highest BCUT2D eigenvalue weighted by Gasteiger charge is 2.31. The van der Waals surface area contributed by atoms with Gasteiger partial charge in [-0.3, -0.25) is 5.43 Å². The van der Waals surface area contributed by atoms with Crippen LogP contribution in [0.2, 0.25) is 10.0 Å². The van der Waals surface area contributed by atoms with Crippen molar-refractivity contribution >= 4 is 35.1 Å². The van der Waals surface area contributed by atoms with Gasteiger partial charge in [-0.2, -0.15) is 23.5 Å². The number of anilines is 1. The lowest BCUT2D eigenvalue weighted by Gasteiger charge is -2.11. The van der Waals surface area contributed by atoms with Gasteiger partial charge in [0.15, 0.2) is 0 Å². The maximum atomic E-state index is 12.4. The Bertz CT molecular complexity index is 483. The van der Waals surface area contributed by atoms with E-state index < -0.39 is 11.7 Å². The number of hydrogen-bond acceptors (Lipinski definition) is 3. The zero-order valence-corrected chi connectivity index (χ0v) is 10.2. The summed E-state index contributed by atoms with van der Waals surface area (Å²) in [6.07, 6.45) is -3.22. The highest BCUT2D eigenvalue weighted by Crippen LogP contribution is 2.38. The molecule has 0 bridgehead atoms. The molecule has 0 aliphatic carbocycles. The van der Waals surface area contributed by atoms with E-state index >= 15 is 0 Å². The van der Waals surface area contributed by atoms with Crippen LogP contribution in [-0.4, -0.2) is 6.21 Å². The molecule has 18 heavy (non-hydrogen) atoms. The second-order valence-corrected chi connectivity index (χ2v) is 3.91. The van der Waals surface area contributed by atoms with Gasteiger partial charge >= 0.3 is 6.18 Å². The topological polar surface area (TPSA) is 48.2 Å². The van der Waals surface area contributed by atoms with Crippen LogP contribution in [0.25, 0.3) is 0 Å². The fourth-order valence-electron chi connectivity index (χ4n) is 1.04. The first-order valence-electron chi connectivity index (χ1n) is 4.57. The smallest absolute Gasteiger partial charge is 0.276 e. The monoisotopic (exact) mass is 295 g/mol. The molecule has 0 unspecified atom stereocenters. The number of hydrazone groups is 1. The van der Waals surface area contributed by atoms with Crippen LogP contribution in [0, 0.1) is 11.3 Å². The summed E-state index contributed by atoms with van der Waals surface area (Å²) in [7, 11) is 0. The average molecular weight is 296 g/mol. The van der Waals surface area contributed by atoms with Crippen molar-refractivity contribution in [3.05, 3.63) is 27.7 Å². The molecule has 0 fully saturated rings. The summed E-state index contributed by atoms with van der Waals surface area (Å²) in [6.45, 7) is 0. The van der Waals surface area contributed by atoms with Crippen molar-refractivity contribution < 1.29 is 13.2 Å². The maximum absolute atomic E-state index is 12.4. The van der Waals surface area contributed by atoms with Gasteiger partial charge in [-0.15, -0.1) is 0 Å². The molecule has 0 amide bonds. The van der Waals surface area contributed by atoms with Gasteiger partial charge in [0, 0.05) is 6.21 Å². The van der Waals surface area contributed by atoms with Crippen LogP contribution >= 0.6 is 23.2 Å². The molecule has 1 aromatic rings. The standard InChI is InChI=1S/C10H6Cl2F3N3/c11-7-4-6(10(13,14)15)5-8(12)9(7)18-17-3-1-2-16/h3-5,18H,1H2/b17-3-. The van der Waals surface area contributed by atoms with Crippen LogP contribution in [0.1, 0.15) is 12.0 Å². The second-order valence-electron chi connectivity index (χ2n) is 3.10. The summed E-state index contributed by atoms with van der Waals surface area (Å²) in [4.78, 5) is 0. The van der Waals surface area contributed by atoms with Crippen LogP contribution in [0.15, 0.2) is 17.2 Å². The minimum Gasteiger partial charge on any atom is -0.276 e. The summed E-state index contributed by atoms with van der Waals surface area (Å²) >= 11 is 11.3. The lowest BCUT2D eigenvalue weighted by atomic mass is 10.2. The van der Waals surface area contributed by atoms with E-state index in [2.05, 4.69) is 10.5 Å². The van der Waals surface area contributed by atoms with Crippen LogP contribution in [0.4, 0.5) is 18.9 Å². The van der Waals surface area contributed by atoms with E-state index in [1.54, 1.807) is 0 Å². The highest BCUT2D eigenvalue weighted by molar-refractivity contribution is 6.39. The Morgan fingerprint density at radius 2 is 1.89 bits per heavy atom. The molecule has 0 radical (unpaired) electrons. The Kier molecular flexibility index (Phi) is 4.82. The van der Waals surface area contributed by atoms with E-state index in [-0.39, 0.29) is 22.2 Å². The normalized spacial score (nSPS) is 11.6. The molecule has 1 N–H and O–H groups in total. The van der Waals surface area contributed by atoms with Gasteiger partial charge in [-0.1, -0.05) is 23.2 Å². The third-order valence-electron chi connectivity index (χ3n) is 1.82. The fraction of sp³-hybridized carbons (Fsp3) is 0.200. The van der Waals surface area contributed by atoms with E-state index in [0.29, 0.717) is 0 Å². The summed E-state index contributed by atoms with van der Waals surface area (Å²) < 4.78 is 37.3. The lowest BCUT2D eigenvalue weighted by molar-refractivity contribution is -0.137. The van der Waals surface area contributed by atoms with Gasteiger partial charge in [0.2, 0.25) is 0 Å². The lowest BCUT2D eigenvalue weighted by Crippen LogP contribution is -2.05. The summed E-state index contributed by atoms with van der Waals surface area (Å²) in [6, 6.07) is 3.30. The van der Waals surface area contributed by atoms with Crippen molar-refractivity contribution in [2.45, 2.75) is 12.6 Å². The third-order valence-corrected chi connectivity index (χ3v) is 2.42. The summed E-state index contributed by atoms with van der Waals surface area (Å²) in [5.41, 5.74) is 1.50. The fourth-order valence-corrected chi connectivity index (χ4v) is 1.61. The number of benzene rings is 1. The van der Waals surface area contributed by atoms with Gasteiger partial charge in [0.05, 0.1) is 33.8 Å². The molecule has 0 aliphatic heterocycles. The molecule has 0 saturated heterocycles. The first-order valence-corrected chi connectivity index (χ1v) is 5.32. The molecule has 0 heterocycles. The molecule has 1 aromatic carbocycles. The van der Waals surface area contributed by atoms with Crippen LogP contribution in [-0.2, 0) is 6.18 Å². The molecule has 0 saturated carbocycles. The second kappa shape index (κ2) is 5.94. The Morgan fingerprint density at radius 1 is 1.33 bits per heavy atom. The predicted octanol–water partition coefficient (Wildman–Crippen LogP) is 4.32. The largest absolute Gasteiger partial charge is 0.416 e. The zero-order chi connectivity index (χ0) is 13.8. The van der Waals surface area contributed by atoms with Gasteiger partial charge in [-0.05, 0) is 12.1 Å². The molecule has 1 rings (SSSR count). The van der Waals surface area contributed by atoms with Crippen molar-refractivity contribution in [2.24, 2.45) is 5.10 Å². The molecule has 96 valence electrons. The average Bonchev–Trinajstić information content (AvgIpc) is 2.25. The minimum absolute atomic E-state index is 0.0560. The molecule has 8 heteroatoms. The molecule has 0 atom stereocenters. The van der Waals surface area contributed by atoms with Gasteiger partial charge in [-0.25, -0.2) is 0 Å². The van der Waals surface area contributed by atoms with E-state index in [1.807, 2.05) is 6.07 Å². The Morgan fingerprint density at radius 3 is 2.33 bits per heavy atom. The van der Waals surface area contributed by atoms with Gasteiger partial charge < -0.3 is 0 Å². The number of nitriles is 1. The van der Waals surface area contributed by atoms with E-state index in [4.69, 9.17) is 28.5 Å². The SMILES string of the molecule is N#CC/C=N\Nc1c(Cl)cc(C(F)(F)F)cc1Cl. The minimum atomic E-state index is -4.52. The molecule has 0 aromatic heterocycles. The van der Waals surface area contributed by atoms with E-state index in [9.17, 15) is 13.2 Å². The first-order chi connectivity index (χ1) is 8.36. The van der Waals surface area contributed by atoms with Crippen molar-refractivity contribution in [2.75, 3.05) is 5.43 Å². The first kappa shape index (κ1) is 14.6. The molecular formula is C10H6Cl2F3N3. The Hall–Kier alpha value is -1.45. The van der Waals surface area contributed by atoms with Crippen molar-refractivity contribution in [3.8, 4) is 6.07 Å². The number of alkyl halides is 3. The van der Waals surface area contributed by atoms with E-state index in [0.717, 1.165) is 12.1 Å². The van der Waals surface area contributed by atoms with Crippen LogP contribution < -0.4 is 5.43 Å².